The number of carbonyl (C=O) groups is 2. The molecule has 0 radical (unpaired) electrons. The minimum Gasteiger partial charge on any atom is -0.490 e. The molecule has 24 heavy (non-hydrogen) atoms. The first-order valence-electron chi connectivity index (χ1n) is 7.45. The molecule has 0 amide bonds. The van der Waals surface area contributed by atoms with E-state index < -0.39 is 11.8 Å². The number of carbonyl (C=O) groups excluding carboxylic acids is 1. The Labute approximate surface area is 137 Å². The maximum atomic E-state index is 13.7. The molecule has 0 spiro atoms. The van der Waals surface area contributed by atoms with Crippen LogP contribution >= 0.6 is 0 Å². The molecule has 0 aliphatic carbocycles. The van der Waals surface area contributed by atoms with Gasteiger partial charge in [-0.25, -0.2) is 9.18 Å². The molecule has 1 aliphatic heterocycles. The van der Waals surface area contributed by atoms with Crippen LogP contribution in [-0.2, 0) is 0 Å². The van der Waals surface area contributed by atoms with E-state index in [0.717, 1.165) is 12.1 Å². The summed E-state index contributed by atoms with van der Waals surface area (Å²) in [5.41, 5.74) is 0.604. The summed E-state index contributed by atoms with van der Waals surface area (Å²) in [5.74, 6) is -1.23. The van der Waals surface area contributed by atoms with Gasteiger partial charge in [0, 0.05) is 12.0 Å². The molecule has 6 heteroatoms. The molecule has 1 aliphatic rings. The lowest BCUT2D eigenvalue weighted by atomic mass is 9.93. The lowest BCUT2D eigenvalue weighted by Crippen LogP contribution is -2.05. The lowest BCUT2D eigenvalue weighted by molar-refractivity contribution is 0.0697. The van der Waals surface area contributed by atoms with Crippen LogP contribution in [0.15, 0.2) is 30.3 Å². The predicted molar refractivity (Wildman–Crippen MR) is 84.4 cm³/mol. The van der Waals surface area contributed by atoms with E-state index in [2.05, 4.69) is 0 Å². The van der Waals surface area contributed by atoms with Crippen molar-refractivity contribution >= 4 is 11.8 Å². The van der Waals surface area contributed by atoms with E-state index in [1.165, 1.54) is 19.1 Å². The van der Waals surface area contributed by atoms with E-state index in [9.17, 15) is 19.1 Å². The zero-order chi connectivity index (χ0) is 17.3. The average Bonchev–Trinajstić information content (AvgIpc) is 2.77. The summed E-state index contributed by atoms with van der Waals surface area (Å²) in [6.45, 7) is 2.27. The van der Waals surface area contributed by atoms with Crippen LogP contribution < -0.4 is 9.47 Å². The number of halogens is 1. The number of Topliss-reactive ketones (excluding diaryl/α,β-unsaturated/α-hetero) is 1. The number of benzene rings is 2. The predicted octanol–water partition coefficient (Wildman–Crippen LogP) is 3.55. The van der Waals surface area contributed by atoms with Crippen LogP contribution in [0.3, 0.4) is 0 Å². The summed E-state index contributed by atoms with van der Waals surface area (Å²) in [6.07, 6.45) is 0.694. The molecular weight excluding hydrogens is 315 g/mol. The maximum Gasteiger partial charge on any atom is 0.336 e. The first-order valence-corrected chi connectivity index (χ1v) is 7.45. The van der Waals surface area contributed by atoms with E-state index >= 15 is 0 Å². The molecule has 0 saturated carbocycles. The van der Waals surface area contributed by atoms with Crippen molar-refractivity contribution in [3.05, 3.63) is 47.3 Å². The summed E-state index contributed by atoms with van der Waals surface area (Å²) >= 11 is 0. The Hall–Kier alpha value is -2.89. The molecule has 124 valence electrons. The van der Waals surface area contributed by atoms with E-state index in [1.807, 2.05) is 0 Å². The highest BCUT2D eigenvalue weighted by Crippen LogP contribution is 2.38. The second kappa shape index (κ2) is 6.31. The molecule has 3 rings (SSSR count). The van der Waals surface area contributed by atoms with Gasteiger partial charge < -0.3 is 14.6 Å². The topological polar surface area (TPSA) is 72.8 Å². The molecule has 5 nitrogen and oxygen atoms in total. The third kappa shape index (κ3) is 2.95. The highest BCUT2D eigenvalue weighted by Gasteiger charge is 2.22. The molecule has 1 heterocycles. The number of carboxylic acids is 1. The van der Waals surface area contributed by atoms with Crippen molar-refractivity contribution in [1.29, 1.82) is 0 Å². The largest absolute Gasteiger partial charge is 0.490 e. The Morgan fingerprint density at radius 3 is 2.25 bits per heavy atom. The molecule has 1 N–H and O–H groups in total. The van der Waals surface area contributed by atoms with Gasteiger partial charge in [0.2, 0.25) is 0 Å². The molecular formula is C18H15FO5. The van der Waals surface area contributed by atoms with E-state index in [0.29, 0.717) is 36.7 Å². The maximum absolute atomic E-state index is 13.7. The molecule has 0 bridgehead atoms. The highest BCUT2D eigenvalue weighted by atomic mass is 19.1. The van der Waals surface area contributed by atoms with E-state index in [-0.39, 0.29) is 22.5 Å². The van der Waals surface area contributed by atoms with Gasteiger partial charge in [-0.05, 0) is 48.4 Å². The van der Waals surface area contributed by atoms with Crippen LogP contribution in [0.2, 0.25) is 0 Å². The van der Waals surface area contributed by atoms with Gasteiger partial charge in [-0.1, -0.05) is 0 Å². The summed E-state index contributed by atoms with van der Waals surface area (Å²) in [6, 6.07) is 6.42. The Morgan fingerprint density at radius 2 is 1.62 bits per heavy atom. The minimum atomic E-state index is -1.20. The van der Waals surface area contributed by atoms with Crippen LogP contribution in [0.1, 0.15) is 34.1 Å². The van der Waals surface area contributed by atoms with Gasteiger partial charge in [-0.3, -0.25) is 4.79 Å². The Morgan fingerprint density at radius 1 is 1.00 bits per heavy atom. The van der Waals surface area contributed by atoms with Crippen LogP contribution in [0.4, 0.5) is 4.39 Å². The molecule has 0 atom stereocenters. The number of rotatable bonds is 3. The number of carboxylic acid groups (broad SMARTS) is 1. The Bertz CT molecular complexity index is 828. The number of ether oxygens (including phenoxy) is 2. The SMILES string of the molecule is CC(=O)c1cc2c(cc1-c1cc(F)ccc1C(=O)O)OCCCO2. The zero-order valence-electron chi connectivity index (χ0n) is 13.0. The summed E-state index contributed by atoms with van der Waals surface area (Å²) in [7, 11) is 0. The van der Waals surface area contributed by atoms with Gasteiger partial charge in [0.15, 0.2) is 17.3 Å². The molecule has 0 aromatic heterocycles. The third-order valence-electron chi connectivity index (χ3n) is 3.77. The second-order valence-electron chi connectivity index (χ2n) is 5.45. The number of ketones is 1. The number of hydrogen-bond acceptors (Lipinski definition) is 4. The standard InChI is InChI=1S/C18H15FO5/c1-10(20)13-8-16-17(24-6-2-5-23-16)9-15(13)14-7-11(19)3-4-12(14)18(21)22/h3-4,7-9H,2,5-6H2,1H3,(H,21,22). The van der Waals surface area contributed by atoms with Crippen molar-refractivity contribution in [3.8, 4) is 22.6 Å². The minimum absolute atomic E-state index is 0.0895. The monoisotopic (exact) mass is 330 g/mol. The zero-order valence-corrected chi connectivity index (χ0v) is 13.0. The van der Waals surface area contributed by atoms with Gasteiger partial charge in [-0.2, -0.15) is 0 Å². The van der Waals surface area contributed by atoms with Crippen molar-refractivity contribution in [3.63, 3.8) is 0 Å². The van der Waals surface area contributed by atoms with Crippen molar-refractivity contribution in [2.75, 3.05) is 13.2 Å². The van der Waals surface area contributed by atoms with Gasteiger partial charge in [0.1, 0.15) is 5.82 Å². The number of hydrogen-bond donors (Lipinski definition) is 1. The van der Waals surface area contributed by atoms with Crippen LogP contribution in [0, 0.1) is 5.82 Å². The molecule has 2 aromatic rings. The summed E-state index contributed by atoms with van der Waals surface area (Å²) < 4.78 is 24.9. The first-order chi connectivity index (χ1) is 11.5. The fourth-order valence-corrected chi connectivity index (χ4v) is 2.65. The third-order valence-corrected chi connectivity index (χ3v) is 3.77. The molecule has 0 unspecified atom stereocenters. The number of aromatic carboxylic acids is 1. The fraction of sp³-hybridized carbons (Fsp3) is 0.222. The molecule has 0 fully saturated rings. The average molecular weight is 330 g/mol. The normalized spacial score (nSPS) is 13.2. The fourth-order valence-electron chi connectivity index (χ4n) is 2.65. The van der Waals surface area contributed by atoms with Crippen LogP contribution in [0.25, 0.3) is 11.1 Å². The van der Waals surface area contributed by atoms with Crippen molar-refractivity contribution < 1.29 is 28.6 Å². The van der Waals surface area contributed by atoms with E-state index in [4.69, 9.17) is 9.47 Å². The van der Waals surface area contributed by atoms with Crippen molar-refractivity contribution in [2.24, 2.45) is 0 Å². The summed E-state index contributed by atoms with van der Waals surface area (Å²) in [5, 5.41) is 9.37. The van der Waals surface area contributed by atoms with Crippen molar-refractivity contribution in [1.82, 2.24) is 0 Å². The second-order valence-corrected chi connectivity index (χ2v) is 5.45. The Kier molecular flexibility index (Phi) is 4.20. The van der Waals surface area contributed by atoms with Crippen molar-refractivity contribution in [2.45, 2.75) is 13.3 Å². The number of fused-ring (bicyclic) bond motifs is 1. The first kappa shape index (κ1) is 16.0. The van der Waals surface area contributed by atoms with Gasteiger partial charge >= 0.3 is 5.97 Å². The van der Waals surface area contributed by atoms with Crippen LogP contribution in [0.5, 0.6) is 11.5 Å². The highest BCUT2D eigenvalue weighted by molar-refractivity contribution is 6.05. The van der Waals surface area contributed by atoms with Gasteiger partial charge in [-0.15, -0.1) is 0 Å². The van der Waals surface area contributed by atoms with Gasteiger partial charge in [0.25, 0.3) is 0 Å². The molecule has 2 aromatic carbocycles. The smallest absolute Gasteiger partial charge is 0.336 e. The lowest BCUT2D eigenvalue weighted by Gasteiger charge is -2.15. The Balaban J connectivity index is 2.27. The summed E-state index contributed by atoms with van der Waals surface area (Å²) in [4.78, 5) is 23.5. The van der Waals surface area contributed by atoms with E-state index in [1.54, 1.807) is 6.07 Å². The van der Waals surface area contributed by atoms with Gasteiger partial charge in [0.05, 0.1) is 18.8 Å². The van der Waals surface area contributed by atoms with Crippen LogP contribution in [-0.4, -0.2) is 30.1 Å². The molecule has 0 saturated heterocycles. The quantitative estimate of drug-likeness (QED) is 0.871.